The van der Waals surface area contributed by atoms with Crippen LogP contribution in [-0.4, -0.2) is 23.5 Å². The molecule has 4 nitrogen and oxygen atoms in total. The van der Waals surface area contributed by atoms with E-state index in [0.717, 1.165) is 19.3 Å². The second kappa shape index (κ2) is 8.29. The minimum atomic E-state index is -0.471. The van der Waals surface area contributed by atoms with Crippen LogP contribution in [0.4, 0.5) is 0 Å². The molecule has 0 bridgehead atoms. The van der Waals surface area contributed by atoms with Gasteiger partial charge >= 0.3 is 5.97 Å². The quantitative estimate of drug-likeness (QED) is 0.579. The van der Waals surface area contributed by atoms with Gasteiger partial charge < -0.3 is 9.84 Å². The van der Waals surface area contributed by atoms with Crippen LogP contribution in [0.25, 0.3) is 0 Å². The highest BCUT2D eigenvalue weighted by molar-refractivity contribution is 5.89. The molecule has 0 amide bonds. The van der Waals surface area contributed by atoms with E-state index in [1.807, 2.05) is 0 Å². The van der Waals surface area contributed by atoms with E-state index in [1.165, 1.54) is 24.3 Å². The number of hydrogen-bond donors (Lipinski definition) is 1. The first kappa shape index (κ1) is 15.2. The normalized spacial score (nSPS) is 10.2. The van der Waals surface area contributed by atoms with Gasteiger partial charge in [0.15, 0.2) is 0 Å². The van der Waals surface area contributed by atoms with Gasteiger partial charge in [0.1, 0.15) is 11.5 Å². The molecule has 0 saturated heterocycles. The van der Waals surface area contributed by atoms with Crippen LogP contribution in [0.15, 0.2) is 24.3 Å². The first-order valence-corrected chi connectivity index (χ1v) is 6.61. The molecule has 4 heteroatoms. The molecule has 1 N–H and O–H groups in total. The minimum Gasteiger partial charge on any atom is -0.508 e. The maximum Gasteiger partial charge on any atom is 0.338 e. The zero-order chi connectivity index (χ0) is 14.1. The summed E-state index contributed by atoms with van der Waals surface area (Å²) in [6.07, 6.45) is 3.88. The first-order chi connectivity index (χ1) is 9.13. The van der Waals surface area contributed by atoms with Crippen LogP contribution >= 0.6 is 0 Å². The predicted molar refractivity (Wildman–Crippen MR) is 72.2 cm³/mol. The van der Waals surface area contributed by atoms with E-state index in [0.29, 0.717) is 12.0 Å². The van der Waals surface area contributed by atoms with Gasteiger partial charge in [-0.25, -0.2) is 4.79 Å². The van der Waals surface area contributed by atoms with Crippen molar-refractivity contribution in [2.75, 3.05) is 6.61 Å². The lowest BCUT2D eigenvalue weighted by Crippen LogP contribution is -2.10. The van der Waals surface area contributed by atoms with Crippen LogP contribution in [0, 0.1) is 0 Å². The van der Waals surface area contributed by atoms with E-state index in [-0.39, 0.29) is 24.6 Å². The van der Waals surface area contributed by atoms with Crippen molar-refractivity contribution in [2.24, 2.45) is 0 Å². The van der Waals surface area contributed by atoms with Gasteiger partial charge in [-0.05, 0) is 30.7 Å². The lowest BCUT2D eigenvalue weighted by molar-refractivity contribution is -0.119. The molecule has 0 aliphatic rings. The Kier molecular flexibility index (Phi) is 6.64. The monoisotopic (exact) mass is 264 g/mol. The van der Waals surface area contributed by atoms with Gasteiger partial charge in [0, 0.05) is 12.8 Å². The molecular formula is C15H20O4. The fraction of sp³-hybridized carbons (Fsp3) is 0.467. The molecule has 0 aliphatic carbocycles. The molecule has 0 fully saturated rings. The van der Waals surface area contributed by atoms with Crippen molar-refractivity contribution in [3.05, 3.63) is 29.8 Å². The van der Waals surface area contributed by atoms with Gasteiger partial charge in [0.2, 0.25) is 0 Å². The predicted octanol–water partition coefficient (Wildman–Crippen LogP) is 3.09. The van der Waals surface area contributed by atoms with Crippen molar-refractivity contribution >= 4 is 11.8 Å². The topological polar surface area (TPSA) is 63.6 Å². The molecule has 0 aliphatic heterocycles. The van der Waals surface area contributed by atoms with E-state index in [2.05, 4.69) is 6.92 Å². The molecule has 1 aromatic carbocycles. The maximum atomic E-state index is 11.6. The number of carbonyl (C=O) groups excluding carboxylic acids is 2. The van der Waals surface area contributed by atoms with Gasteiger partial charge in [-0.15, -0.1) is 0 Å². The Morgan fingerprint density at radius 3 is 2.42 bits per heavy atom. The van der Waals surface area contributed by atoms with Crippen molar-refractivity contribution in [3.63, 3.8) is 0 Å². The summed E-state index contributed by atoms with van der Waals surface area (Å²) in [5.74, 6) is -0.240. The number of rotatable bonds is 8. The summed E-state index contributed by atoms with van der Waals surface area (Å²) < 4.78 is 5.00. The second-order valence-electron chi connectivity index (χ2n) is 4.43. The molecule has 0 unspecified atom stereocenters. The molecule has 0 aromatic heterocycles. The highest BCUT2D eigenvalue weighted by Crippen LogP contribution is 2.10. The van der Waals surface area contributed by atoms with Gasteiger partial charge in [-0.3, -0.25) is 4.79 Å². The van der Waals surface area contributed by atoms with Gasteiger partial charge in [-0.1, -0.05) is 19.8 Å². The number of phenolic OH excluding ortho intramolecular Hbond substituents is 1. The Morgan fingerprint density at radius 1 is 1.11 bits per heavy atom. The lowest BCUT2D eigenvalue weighted by Gasteiger charge is -2.04. The van der Waals surface area contributed by atoms with E-state index < -0.39 is 5.97 Å². The van der Waals surface area contributed by atoms with Crippen LogP contribution < -0.4 is 0 Å². The molecule has 19 heavy (non-hydrogen) atoms. The molecule has 0 saturated carbocycles. The highest BCUT2D eigenvalue weighted by Gasteiger charge is 2.08. The Labute approximate surface area is 113 Å². The smallest absolute Gasteiger partial charge is 0.338 e. The summed E-state index contributed by atoms with van der Waals surface area (Å²) >= 11 is 0. The van der Waals surface area contributed by atoms with Crippen LogP contribution in [0.5, 0.6) is 5.75 Å². The minimum absolute atomic E-state index is 0.0997. The van der Waals surface area contributed by atoms with Crippen molar-refractivity contribution in [1.29, 1.82) is 0 Å². The van der Waals surface area contributed by atoms with Gasteiger partial charge in [0.05, 0.1) is 12.2 Å². The molecule has 1 aromatic rings. The SMILES string of the molecule is CCCCCC(=O)CCOC(=O)c1ccc(O)cc1. The summed E-state index contributed by atoms with van der Waals surface area (Å²) in [5, 5.41) is 9.09. The van der Waals surface area contributed by atoms with E-state index >= 15 is 0 Å². The summed E-state index contributed by atoms with van der Waals surface area (Å²) in [6.45, 7) is 2.20. The number of phenols is 1. The first-order valence-electron chi connectivity index (χ1n) is 6.61. The third-order valence-electron chi connectivity index (χ3n) is 2.78. The number of aromatic hydroxyl groups is 1. The van der Waals surface area contributed by atoms with E-state index in [4.69, 9.17) is 9.84 Å². The number of esters is 1. The van der Waals surface area contributed by atoms with Gasteiger partial charge in [-0.2, -0.15) is 0 Å². The third kappa shape index (κ3) is 6.04. The number of unbranched alkanes of at least 4 members (excludes halogenated alkanes) is 2. The van der Waals surface area contributed by atoms with E-state index in [1.54, 1.807) is 0 Å². The van der Waals surface area contributed by atoms with Crippen molar-refractivity contribution in [1.82, 2.24) is 0 Å². The zero-order valence-corrected chi connectivity index (χ0v) is 11.2. The molecule has 0 radical (unpaired) electrons. The van der Waals surface area contributed by atoms with Crippen LogP contribution in [-0.2, 0) is 9.53 Å². The third-order valence-corrected chi connectivity index (χ3v) is 2.78. The summed E-state index contributed by atoms with van der Waals surface area (Å²) in [4.78, 5) is 23.0. The summed E-state index contributed by atoms with van der Waals surface area (Å²) in [5.41, 5.74) is 0.372. The van der Waals surface area contributed by atoms with Gasteiger partial charge in [0.25, 0.3) is 0 Å². The standard InChI is InChI=1S/C15H20O4/c1-2-3-4-5-13(16)10-11-19-15(18)12-6-8-14(17)9-7-12/h6-9,17H,2-5,10-11H2,1H3. The molecule has 0 atom stereocenters. The average molecular weight is 264 g/mol. The van der Waals surface area contributed by atoms with Crippen molar-refractivity contribution in [2.45, 2.75) is 39.0 Å². The molecule has 0 spiro atoms. The molecule has 104 valence electrons. The van der Waals surface area contributed by atoms with Crippen molar-refractivity contribution in [3.8, 4) is 5.75 Å². The molecule has 0 heterocycles. The Hall–Kier alpha value is -1.84. The maximum absolute atomic E-state index is 11.6. The Balaban J connectivity index is 2.23. The fourth-order valence-corrected chi connectivity index (χ4v) is 1.64. The Morgan fingerprint density at radius 2 is 1.79 bits per heavy atom. The second-order valence-corrected chi connectivity index (χ2v) is 4.43. The summed E-state index contributed by atoms with van der Waals surface area (Å²) in [6, 6.07) is 5.82. The molecule has 1 rings (SSSR count). The van der Waals surface area contributed by atoms with Crippen LogP contribution in [0.2, 0.25) is 0 Å². The molecular weight excluding hydrogens is 244 g/mol. The van der Waals surface area contributed by atoms with E-state index in [9.17, 15) is 9.59 Å². The van der Waals surface area contributed by atoms with Crippen LogP contribution in [0.3, 0.4) is 0 Å². The number of benzene rings is 1. The fourth-order valence-electron chi connectivity index (χ4n) is 1.64. The van der Waals surface area contributed by atoms with Crippen molar-refractivity contribution < 1.29 is 19.4 Å². The number of hydrogen-bond acceptors (Lipinski definition) is 4. The largest absolute Gasteiger partial charge is 0.508 e. The number of carbonyl (C=O) groups is 2. The zero-order valence-electron chi connectivity index (χ0n) is 11.2. The van der Waals surface area contributed by atoms with Crippen LogP contribution in [0.1, 0.15) is 49.4 Å². The number of ether oxygens (including phenoxy) is 1. The lowest BCUT2D eigenvalue weighted by atomic mass is 10.1. The Bertz CT molecular complexity index is 409. The number of Topliss-reactive ketones (excluding diaryl/α,β-unsaturated/α-hetero) is 1. The highest BCUT2D eigenvalue weighted by atomic mass is 16.5. The average Bonchev–Trinajstić information content (AvgIpc) is 2.39. The number of ketones is 1. The summed E-state index contributed by atoms with van der Waals surface area (Å²) in [7, 11) is 0.